The Morgan fingerprint density at radius 2 is 1.88 bits per heavy atom. The SMILES string of the molecule is CC1CCN(C(N)=NCc2ccc(N3CCN(C)CC3)nc2)CC1. The van der Waals surface area contributed by atoms with Crippen molar-refractivity contribution in [2.75, 3.05) is 51.2 Å². The number of anilines is 1. The Labute approximate surface area is 145 Å². The van der Waals surface area contributed by atoms with Crippen LogP contribution in [-0.4, -0.2) is 67.1 Å². The van der Waals surface area contributed by atoms with E-state index in [-0.39, 0.29) is 0 Å². The Balaban J connectivity index is 1.53. The Morgan fingerprint density at radius 3 is 2.50 bits per heavy atom. The average Bonchev–Trinajstić information content (AvgIpc) is 2.61. The molecule has 0 radical (unpaired) electrons. The van der Waals surface area contributed by atoms with E-state index in [0.717, 1.165) is 56.6 Å². The molecule has 3 heterocycles. The van der Waals surface area contributed by atoms with Crippen molar-refractivity contribution in [2.45, 2.75) is 26.3 Å². The van der Waals surface area contributed by atoms with Crippen molar-refractivity contribution in [1.29, 1.82) is 0 Å². The molecule has 24 heavy (non-hydrogen) atoms. The smallest absolute Gasteiger partial charge is 0.191 e. The summed E-state index contributed by atoms with van der Waals surface area (Å²) < 4.78 is 0. The number of guanidine groups is 1. The highest BCUT2D eigenvalue weighted by Crippen LogP contribution is 2.16. The molecule has 1 aromatic rings. The van der Waals surface area contributed by atoms with Crippen LogP contribution in [-0.2, 0) is 6.54 Å². The van der Waals surface area contributed by atoms with Crippen LogP contribution in [0.5, 0.6) is 0 Å². The standard InChI is InChI=1S/C18H30N6/c1-15-5-7-24(8-6-15)18(19)21-14-16-3-4-17(20-13-16)23-11-9-22(2)10-12-23/h3-4,13,15H,5-12,14H2,1-2H3,(H2,19,21). The fourth-order valence-electron chi connectivity index (χ4n) is 3.24. The quantitative estimate of drug-likeness (QED) is 0.670. The minimum absolute atomic E-state index is 0.605. The molecular formula is C18H30N6. The van der Waals surface area contributed by atoms with E-state index in [2.05, 4.69) is 50.8 Å². The third kappa shape index (κ3) is 4.38. The number of likely N-dealkylation sites (N-methyl/N-ethyl adjacent to an activating group) is 1. The maximum absolute atomic E-state index is 6.14. The van der Waals surface area contributed by atoms with E-state index in [1.807, 2.05) is 6.20 Å². The number of hydrogen-bond donors (Lipinski definition) is 1. The molecule has 3 rings (SSSR count). The van der Waals surface area contributed by atoms with E-state index in [9.17, 15) is 0 Å². The monoisotopic (exact) mass is 330 g/mol. The average molecular weight is 330 g/mol. The van der Waals surface area contributed by atoms with Gasteiger partial charge in [-0.1, -0.05) is 13.0 Å². The number of rotatable bonds is 3. The van der Waals surface area contributed by atoms with Gasteiger partial charge >= 0.3 is 0 Å². The van der Waals surface area contributed by atoms with Crippen molar-refractivity contribution in [3.8, 4) is 0 Å². The van der Waals surface area contributed by atoms with Gasteiger partial charge in [0.05, 0.1) is 6.54 Å². The van der Waals surface area contributed by atoms with E-state index < -0.39 is 0 Å². The van der Waals surface area contributed by atoms with Crippen molar-refractivity contribution < 1.29 is 0 Å². The Hall–Kier alpha value is -1.82. The highest BCUT2D eigenvalue weighted by molar-refractivity contribution is 5.78. The lowest BCUT2D eigenvalue weighted by atomic mass is 10.00. The van der Waals surface area contributed by atoms with Crippen LogP contribution in [0.15, 0.2) is 23.3 Å². The van der Waals surface area contributed by atoms with Crippen molar-refractivity contribution in [3.63, 3.8) is 0 Å². The topological polar surface area (TPSA) is 61.0 Å². The summed E-state index contributed by atoms with van der Waals surface area (Å²) in [4.78, 5) is 16.1. The number of piperazine rings is 1. The number of nitrogens with two attached hydrogens (primary N) is 1. The number of aromatic nitrogens is 1. The van der Waals surface area contributed by atoms with Gasteiger partial charge in [-0.25, -0.2) is 9.98 Å². The molecule has 0 atom stereocenters. The summed E-state index contributed by atoms with van der Waals surface area (Å²) in [5.74, 6) is 2.54. The molecule has 2 aliphatic rings. The van der Waals surface area contributed by atoms with E-state index in [4.69, 9.17) is 5.73 Å². The van der Waals surface area contributed by atoms with Gasteiger partial charge in [0.2, 0.25) is 0 Å². The summed E-state index contributed by atoms with van der Waals surface area (Å²) >= 11 is 0. The predicted molar refractivity (Wildman–Crippen MR) is 99.2 cm³/mol. The van der Waals surface area contributed by atoms with Gasteiger partial charge in [-0.2, -0.15) is 0 Å². The molecule has 0 aliphatic carbocycles. The molecule has 2 saturated heterocycles. The van der Waals surface area contributed by atoms with Gasteiger partial charge in [0.25, 0.3) is 0 Å². The first kappa shape index (κ1) is 17.0. The van der Waals surface area contributed by atoms with Gasteiger partial charge in [0.1, 0.15) is 5.82 Å². The van der Waals surface area contributed by atoms with Crippen LogP contribution in [0.1, 0.15) is 25.3 Å². The highest BCUT2D eigenvalue weighted by Gasteiger charge is 2.17. The third-order valence-corrected chi connectivity index (χ3v) is 5.17. The second-order valence-electron chi connectivity index (χ2n) is 7.16. The molecule has 0 unspecified atom stereocenters. The molecule has 6 heteroatoms. The summed E-state index contributed by atoms with van der Waals surface area (Å²) in [6.07, 6.45) is 4.34. The Kier molecular flexibility index (Phi) is 5.56. The zero-order valence-corrected chi connectivity index (χ0v) is 15.0. The second kappa shape index (κ2) is 7.83. The van der Waals surface area contributed by atoms with Gasteiger partial charge in [0, 0.05) is 45.5 Å². The van der Waals surface area contributed by atoms with Crippen LogP contribution >= 0.6 is 0 Å². The summed E-state index contributed by atoms with van der Waals surface area (Å²) in [7, 11) is 2.17. The lowest BCUT2D eigenvalue weighted by Gasteiger charge is -2.33. The number of hydrogen-bond acceptors (Lipinski definition) is 4. The van der Waals surface area contributed by atoms with Gasteiger partial charge in [-0.05, 0) is 37.4 Å². The van der Waals surface area contributed by atoms with Crippen molar-refractivity contribution >= 4 is 11.8 Å². The molecule has 0 aromatic carbocycles. The molecule has 0 amide bonds. The fraction of sp³-hybridized carbons (Fsp3) is 0.667. The first-order valence-electron chi connectivity index (χ1n) is 9.05. The summed E-state index contributed by atoms with van der Waals surface area (Å²) in [5, 5.41) is 0. The zero-order valence-electron chi connectivity index (χ0n) is 15.0. The zero-order chi connectivity index (χ0) is 16.9. The molecule has 2 fully saturated rings. The lowest BCUT2D eigenvalue weighted by Crippen LogP contribution is -2.44. The van der Waals surface area contributed by atoms with Crippen molar-refractivity contribution in [3.05, 3.63) is 23.9 Å². The third-order valence-electron chi connectivity index (χ3n) is 5.17. The molecule has 2 N–H and O–H groups in total. The lowest BCUT2D eigenvalue weighted by molar-refractivity contribution is 0.277. The number of pyridine rings is 1. The molecule has 0 bridgehead atoms. The molecular weight excluding hydrogens is 300 g/mol. The van der Waals surface area contributed by atoms with Gasteiger partial charge in [0.15, 0.2) is 5.96 Å². The molecule has 2 aliphatic heterocycles. The number of piperidine rings is 1. The molecule has 0 saturated carbocycles. The summed E-state index contributed by atoms with van der Waals surface area (Å²) in [6, 6.07) is 4.23. The van der Waals surface area contributed by atoms with Crippen LogP contribution in [0, 0.1) is 5.92 Å². The number of aliphatic imine (C=N–C) groups is 1. The van der Waals surface area contributed by atoms with Crippen LogP contribution < -0.4 is 10.6 Å². The van der Waals surface area contributed by atoms with E-state index in [1.165, 1.54) is 12.8 Å². The Morgan fingerprint density at radius 1 is 1.17 bits per heavy atom. The van der Waals surface area contributed by atoms with E-state index >= 15 is 0 Å². The molecule has 0 spiro atoms. The Bertz CT molecular complexity index is 539. The van der Waals surface area contributed by atoms with Gasteiger partial charge < -0.3 is 20.4 Å². The maximum atomic E-state index is 6.14. The fourth-order valence-corrected chi connectivity index (χ4v) is 3.24. The molecule has 1 aromatic heterocycles. The summed E-state index contributed by atoms with van der Waals surface area (Å²) in [5.41, 5.74) is 7.26. The van der Waals surface area contributed by atoms with Crippen molar-refractivity contribution in [1.82, 2.24) is 14.8 Å². The van der Waals surface area contributed by atoms with E-state index in [0.29, 0.717) is 12.5 Å². The maximum Gasteiger partial charge on any atom is 0.191 e. The molecule has 132 valence electrons. The largest absolute Gasteiger partial charge is 0.370 e. The normalized spacial score (nSPS) is 21.3. The highest BCUT2D eigenvalue weighted by atomic mass is 15.3. The van der Waals surface area contributed by atoms with Gasteiger partial charge in [-0.3, -0.25) is 0 Å². The van der Waals surface area contributed by atoms with Crippen LogP contribution in [0.3, 0.4) is 0 Å². The summed E-state index contributed by atoms with van der Waals surface area (Å²) in [6.45, 7) is 9.24. The molecule has 6 nitrogen and oxygen atoms in total. The van der Waals surface area contributed by atoms with Gasteiger partial charge in [-0.15, -0.1) is 0 Å². The van der Waals surface area contributed by atoms with E-state index in [1.54, 1.807) is 0 Å². The minimum atomic E-state index is 0.605. The van der Waals surface area contributed by atoms with Crippen LogP contribution in [0.4, 0.5) is 5.82 Å². The number of likely N-dealkylation sites (tertiary alicyclic amines) is 1. The van der Waals surface area contributed by atoms with Crippen LogP contribution in [0.25, 0.3) is 0 Å². The first-order valence-corrected chi connectivity index (χ1v) is 9.05. The second-order valence-corrected chi connectivity index (χ2v) is 7.16. The number of nitrogens with zero attached hydrogens (tertiary/aromatic N) is 5. The van der Waals surface area contributed by atoms with Crippen molar-refractivity contribution in [2.24, 2.45) is 16.6 Å². The van der Waals surface area contributed by atoms with Crippen LogP contribution in [0.2, 0.25) is 0 Å². The minimum Gasteiger partial charge on any atom is -0.370 e. The first-order chi connectivity index (χ1) is 11.6. The predicted octanol–water partition coefficient (Wildman–Crippen LogP) is 1.38.